The van der Waals surface area contributed by atoms with Crippen LogP contribution in [-0.2, 0) is 0 Å². The van der Waals surface area contributed by atoms with E-state index in [4.69, 9.17) is 0 Å². The average Bonchev–Trinajstić information content (AvgIpc) is 1.59. The number of hydrogen-bond donors (Lipinski definition) is 0. The molecule has 0 aromatic carbocycles. The van der Waals surface area contributed by atoms with E-state index in [0.29, 0.717) is 0 Å². The maximum absolute atomic E-state index is 3.61. The fourth-order valence-electron chi connectivity index (χ4n) is 0.377. The molecule has 0 bridgehead atoms. The van der Waals surface area contributed by atoms with Crippen LogP contribution in [0.4, 0.5) is 0 Å². The van der Waals surface area contributed by atoms with Gasteiger partial charge in [-0.1, -0.05) is 22.5 Å². The van der Waals surface area contributed by atoms with Crippen molar-refractivity contribution in [2.24, 2.45) is 0 Å². The van der Waals surface area contributed by atoms with Crippen molar-refractivity contribution in [3.63, 3.8) is 0 Å². The van der Waals surface area contributed by atoms with Gasteiger partial charge >= 0.3 is 0 Å². The molecule has 0 saturated carbocycles. The summed E-state index contributed by atoms with van der Waals surface area (Å²) in [5.74, 6) is 0. The quantitative estimate of drug-likeness (QED) is 0.422. The fourth-order valence-corrected chi connectivity index (χ4v) is 3.65. The van der Waals surface area contributed by atoms with Gasteiger partial charge in [-0.2, -0.15) is 0 Å². The zero-order valence-electron chi connectivity index (χ0n) is 4.76. The first-order chi connectivity index (χ1) is 3.56. The Labute approximate surface area is 75.7 Å². The van der Waals surface area contributed by atoms with Crippen LogP contribution < -0.4 is 0 Å². The van der Waals surface area contributed by atoms with Crippen molar-refractivity contribution in [3.05, 3.63) is 0 Å². The molecule has 0 atom stereocenters. The maximum Gasteiger partial charge on any atom is 0.198 e. The Morgan fingerprint density at radius 2 is 1.88 bits per heavy atom. The number of alkyl halides is 1. The molecular weight excluding hydrogens is 316 g/mol. The molecule has 0 nitrogen and oxygen atoms in total. The monoisotopic (exact) mass is 322 g/mol. The second kappa shape index (κ2) is 4.47. The number of rotatable bonds is 3. The standard InChI is InChI=1S/C4H9Br3Si/c1-8(6,7)4-2-3-5/h2-4H2,1H3. The second-order valence-corrected chi connectivity index (χ2v) is 19.0. The van der Waals surface area contributed by atoms with E-state index in [1.165, 1.54) is 12.5 Å². The summed E-state index contributed by atoms with van der Waals surface area (Å²) in [4.78, 5) is 0. The molecule has 0 aliphatic carbocycles. The lowest BCUT2D eigenvalue weighted by atomic mass is 10.6. The minimum Gasteiger partial charge on any atom is -0.111 e. The van der Waals surface area contributed by atoms with Gasteiger partial charge in [-0.15, -0.1) is 30.6 Å². The van der Waals surface area contributed by atoms with Crippen molar-refractivity contribution in [2.45, 2.75) is 19.0 Å². The Kier molecular flexibility index (Phi) is 5.39. The van der Waals surface area contributed by atoms with Gasteiger partial charge in [0.15, 0.2) is 5.31 Å². The van der Waals surface area contributed by atoms with Crippen molar-refractivity contribution in [1.82, 2.24) is 0 Å². The summed E-state index contributed by atoms with van der Waals surface area (Å²) in [6.45, 7) is 2.25. The van der Waals surface area contributed by atoms with Crippen molar-refractivity contribution >= 4 is 51.8 Å². The highest BCUT2D eigenvalue weighted by molar-refractivity contribution is 9.51. The first kappa shape index (κ1) is 9.66. The molecule has 0 unspecified atom stereocenters. The van der Waals surface area contributed by atoms with E-state index in [1.54, 1.807) is 0 Å². The van der Waals surface area contributed by atoms with Crippen LogP contribution >= 0.6 is 46.5 Å². The summed E-state index contributed by atoms with van der Waals surface area (Å²) in [5.41, 5.74) is 0. The molecule has 4 heteroatoms. The summed E-state index contributed by atoms with van der Waals surface area (Å²) in [7, 11) is 0. The summed E-state index contributed by atoms with van der Waals surface area (Å²) in [6, 6.07) is 1.29. The highest BCUT2D eigenvalue weighted by Crippen LogP contribution is 2.26. The van der Waals surface area contributed by atoms with Crippen LogP contribution in [0, 0.1) is 0 Å². The molecule has 0 fully saturated rings. The topological polar surface area (TPSA) is 0 Å². The maximum atomic E-state index is 3.61. The third kappa shape index (κ3) is 7.66. The molecule has 50 valence electrons. The van der Waals surface area contributed by atoms with Gasteiger partial charge in [0.05, 0.1) is 0 Å². The lowest BCUT2D eigenvalue weighted by Gasteiger charge is -2.07. The first-order valence-corrected chi connectivity index (χ1v) is 10.8. The molecule has 0 amide bonds. The number of halogens is 3. The van der Waals surface area contributed by atoms with Crippen LogP contribution in [0.5, 0.6) is 0 Å². The molecule has 0 radical (unpaired) electrons. The molecule has 8 heavy (non-hydrogen) atoms. The Balaban J connectivity index is 3.11. The summed E-state index contributed by atoms with van der Waals surface area (Å²) in [6.07, 6.45) is 1.26. The lowest BCUT2D eigenvalue weighted by Crippen LogP contribution is -2.09. The summed E-state index contributed by atoms with van der Waals surface area (Å²) in [5, 5.41) is 0.0347. The van der Waals surface area contributed by atoms with Crippen LogP contribution in [-0.4, -0.2) is 10.6 Å². The van der Waals surface area contributed by atoms with E-state index in [-0.39, 0.29) is 0 Å². The van der Waals surface area contributed by atoms with Gasteiger partial charge in [0.25, 0.3) is 0 Å². The average molecular weight is 325 g/mol. The Hall–Kier alpha value is 1.66. The SMILES string of the molecule is C[Si](Br)(Br)CCCBr. The van der Waals surface area contributed by atoms with Crippen molar-refractivity contribution in [2.75, 3.05) is 5.33 Å². The molecule has 0 rings (SSSR count). The fraction of sp³-hybridized carbons (Fsp3) is 1.00. The van der Waals surface area contributed by atoms with E-state index < -0.39 is 5.31 Å². The Bertz CT molecular complexity index is 58.8. The van der Waals surface area contributed by atoms with Crippen molar-refractivity contribution < 1.29 is 0 Å². The first-order valence-electron chi connectivity index (χ1n) is 2.50. The molecule has 0 heterocycles. The van der Waals surface area contributed by atoms with Gasteiger partial charge in [-0.3, -0.25) is 0 Å². The zero-order valence-corrected chi connectivity index (χ0v) is 10.5. The van der Waals surface area contributed by atoms with Crippen LogP contribution in [0.3, 0.4) is 0 Å². The van der Waals surface area contributed by atoms with Gasteiger partial charge in [-0.05, 0) is 12.5 Å². The van der Waals surface area contributed by atoms with E-state index in [2.05, 4.69) is 53.1 Å². The Morgan fingerprint density at radius 1 is 1.38 bits per heavy atom. The van der Waals surface area contributed by atoms with Gasteiger partial charge < -0.3 is 0 Å². The van der Waals surface area contributed by atoms with Gasteiger partial charge in [0.1, 0.15) is 0 Å². The van der Waals surface area contributed by atoms with Crippen LogP contribution in [0.1, 0.15) is 6.42 Å². The van der Waals surface area contributed by atoms with Gasteiger partial charge in [0.2, 0.25) is 0 Å². The third-order valence-electron chi connectivity index (χ3n) is 0.749. The van der Waals surface area contributed by atoms with E-state index >= 15 is 0 Å². The van der Waals surface area contributed by atoms with Gasteiger partial charge in [-0.25, -0.2) is 0 Å². The smallest absolute Gasteiger partial charge is 0.111 e. The second-order valence-electron chi connectivity index (χ2n) is 1.86. The van der Waals surface area contributed by atoms with Crippen molar-refractivity contribution in [1.29, 1.82) is 0 Å². The Morgan fingerprint density at radius 3 is 2.00 bits per heavy atom. The third-order valence-corrected chi connectivity index (χ3v) is 4.92. The van der Waals surface area contributed by atoms with Crippen LogP contribution in [0.15, 0.2) is 0 Å². The molecule has 0 spiro atoms. The predicted octanol–water partition coefficient (Wildman–Crippen LogP) is 3.63. The van der Waals surface area contributed by atoms with E-state index in [0.717, 1.165) is 5.33 Å². The molecule has 0 N–H and O–H groups in total. The molecule has 0 aromatic rings. The normalized spacial score (nSPS) is 12.0. The minimum atomic E-state index is -1.08. The minimum absolute atomic E-state index is 1.08. The van der Waals surface area contributed by atoms with Crippen LogP contribution in [0.2, 0.25) is 12.6 Å². The summed E-state index contributed by atoms with van der Waals surface area (Å²) >= 11 is 10.6. The molecule has 0 aliphatic rings. The van der Waals surface area contributed by atoms with Crippen molar-refractivity contribution in [3.8, 4) is 0 Å². The summed E-state index contributed by atoms with van der Waals surface area (Å²) < 4.78 is 0. The lowest BCUT2D eigenvalue weighted by molar-refractivity contribution is 1.10. The highest BCUT2D eigenvalue weighted by atomic mass is 79.9. The largest absolute Gasteiger partial charge is 0.198 e. The predicted molar refractivity (Wildman–Crippen MR) is 52.7 cm³/mol. The van der Waals surface area contributed by atoms with E-state index in [1.807, 2.05) is 0 Å². The number of hydrogen-bond acceptors (Lipinski definition) is 0. The molecule has 0 aliphatic heterocycles. The van der Waals surface area contributed by atoms with Crippen LogP contribution in [0.25, 0.3) is 0 Å². The molecular formula is C4H9Br3Si. The van der Waals surface area contributed by atoms with E-state index in [9.17, 15) is 0 Å². The highest BCUT2D eigenvalue weighted by Gasteiger charge is 2.16. The zero-order chi connectivity index (χ0) is 6.62. The molecule has 0 saturated heterocycles. The van der Waals surface area contributed by atoms with Gasteiger partial charge in [0, 0.05) is 5.33 Å². The molecule has 0 aromatic heterocycles.